The number of aryl methyl sites for hydroxylation is 1. The van der Waals surface area contributed by atoms with Crippen molar-refractivity contribution in [3.8, 4) is 0 Å². The van der Waals surface area contributed by atoms with E-state index in [2.05, 4.69) is 13.8 Å². The Morgan fingerprint density at radius 1 is 1.20 bits per heavy atom. The molecule has 0 radical (unpaired) electrons. The minimum absolute atomic E-state index is 0.224. The Kier molecular flexibility index (Phi) is 4.12. The van der Waals surface area contributed by atoms with E-state index in [1.54, 1.807) is 22.5 Å². The Bertz CT molecular complexity index is 594. The van der Waals surface area contributed by atoms with Crippen LogP contribution in [0.25, 0.3) is 0 Å². The molecule has 1 aliphatic rings. The van der Waals surface area contributed by atoms with Crippen LogP contribution in [0.5, 0.6) is 0 Å². The number of anilines is 1. The molecule has 5 heteroatoms. The molecular weight excluding hydrogens is 272 g/mol. The van der Waals surface area contributed by atoms with Gasteiger partial charge in [-0.05, 0) is 55.4 Å². The SMILES string of the molecule is Cc1cc(S(=O)(=O)N2CCCC(C)(C)CC2)ccc1N. The Hall–Kier alpha value is -1.07. The van der Waals surface area contributed by atoms with E-state index in [1.807, 2.05) is 6.92 Å². The minimum atomic E-state index is -3.40. The predicted molar refractivity (Wildman–Crippen MR) is 82.0 cm³/mol. The molecule has 1 saturated heterocycles. The van der Waals surface area contributed by atoms with E-state index < -0.39 is 10.0 Å². The molecular formula is C15H24N2O2S. The highest BCUT2D eigenvalue weighted by Gasteiger charge is 2.30. The van der Waals surface area contributed by atoms with Gasteiger partial charge in [-0.3, -0.25) is 0 Å². The van der Waals surface area contributed by atoms with Gasteiger partial charge in [-0.25, -0.2) is 8.42 Å². The van der Waals surface area contributed by atoms with Crippen molar-refractivity contribution in [2.45, 2.75) is 44.9 Å². The lowest BCUT2D eigenvalue weighted by molar-refractivity contribution is 0.315. The van der Waals surface area contributed by atoms with Crippen LogP contribution in [0.3, 0.4) is 0 Å². The number of nitrogens with two attached hydrogens (primary N) is 1. The fourth-order valence-electron chi connectivity index (χ4n) is 2.60. The fourth-order valence-corrected chi connectivity index (χ4v) is 4.16. The molecule has 0 spiro atoms. The van der Waals surface area contributed by atoms with Crippen LogP contribution in [0.4, 0.5) is 5.69 Å². The molecule has 2 N–H and O–H groups in total. The molecule has 0 aromatic heterocycles. The van der Waals surface area contributed by atoms with Crippen LogP contribution in [0, 0.1) is 12.3 Å². The highest BCUT2D eigenvalue weighted by molar-refractivity contribution is 7.89. The first-order valence-electron chi connectivity index (χ1n) is 7.09. The topological polar surface area (TPSA) is 63.4 Å². The van der Waals surface area contributed by atoms with E-state index in [0.29, 0.717) is 23.7 Å². The summed E-state index contributed by atoms with van der Waals surface area (Å²) in [5, 5.41) is 0. The molecule has 0 amide bonds. The van der Waals surface area contributed by atoms with Gasteiger partial charge >= 0.3 is 0 Å². The highest BCUT2D eigenvalue weighted by atomic mass is 32.2. The summed E-state index contributed by atoms with van der Waals surface area (Å²) in [6, 6.07) is 4.94. The van der Waals surface area contributed by atoms with Gasteiger partial charge in [-0.1, -0.05) is 13.8 Å². The van der Waals surface area contributed by atoms with Crippen LogP contribution in [0.15, 0.2) is 23.1 Å². The first-order chi connectivity index (χ1) is 9.22. The van der Waals surface area contributed by atoms with E-state index in [0.717, 1.165) is 24.8 Å². The summed E-state index contributed by atoms with van der Waals surface area (Å²) >= 11 is 0. The standard InChI is InChI=1S/C15H24N2O2S/c1-12-11-13(5-6-14(12)16)20(18,19)17-9-4-7-15(2,3)8-10-17/h5-6,11H,4,7-10,16H2,1-3H3. The zero-order valence-electron chi connectivity index (χ0n) is 12.5. The number of benzene rings is 1. The summed E-state index contributed by atoms with van der Waals surface area (Å²) in [5.74, 6) is 0. The quantitative estimate of drug-likeness (QED) is 0.854. The van der Waals surface area contributed by atoms with Gasteiger partial charge in [-0.2, -0.15) is 4.31 Å². The first kappa shape index (κ1) is 15.3. The normalized spacial score (nSPS) is 20.6. The summed E-state index contributed by atoms with van der Waals surface area (Å²) in [5.41, 5.74) is 7.42. The zero-order chi connectivity index (χ0) is 15.0. The van der Waals surface area contributed by atoms with Gasteiger partial charge in [-0.15, -0.1) is 0 Å². The van der Waals surface area contributed by atoms with Gasteiger partial charge in [0.1, 0.15) is 0 Å². The monoisotopic (exact) mass is 296 g/mol. The van der Waals surface area contributed by atoms with Gasteiger partial charge in [0.15, 0.2) is 0 Å². The molecule has 1 fully saturated rings. The van der Waals surface area contributed by atoms with Crippen molar-refractivity contribution < 1.29 is 8.42 Å². The van der Waals surface area contributed by atoms with Crippen molar-refractivity contribution in [3.05, 3.63) is 23.8 Å². The molecule has 0 aliphatic carbocycles. The van der Waals surface area contributed by atoms with Gasteiger partial charge in [0.05, 0.1) is 4.90 Å². The highest BCUT2D eigenvalue weighted by Crippen LogP contribution is 2.32. The molecule has 0 atom stereocenters. The second-order valence-electron chi connectivity index (χ2n) is 6.44. The third kappa shape index (κ3) is 3.15. The molecule has 0 unspecified atom stereocenters. The lowest BCUT2D eigenvalue weighted by Crippen LogP contribution is -2.32. The van der Waals surface area contributed by atoms with Crippen LogP contribution in [0.2, 0.25) is 0 Å². The molecule has 0 bridgehead atoms. The average molecular weight is 296 g/mol. The summed E-state index contributed by atoms with van der Waals surface area (Å²) in [4.78, 5) is 0.351. The smallest absolute Gasteiger partial charge is 0.243 e. The lowest BCUT2D eigenvalue weighted by atomic mass is 9.85. The van der Waals surface area contributed by atoms with Crippen LogP contribution in [0.1, 0.15) is 38.7 Å². The second kappa shape index (κ2) is 5.37. The molecule has 4 nitrogen and oxygen atoms in total. The molecule has 2 rings (SSSR count). The second-order valence-corrected chi connectivity index (χ2v) is 8.38. The lowest BCUT2D eigenvalue weighted by Gasteiger charge is -2.23. The van der Waals surface area contributed by atoms with Crippen molar-refractivity contribution in [1.82, 2.24) is 4.31 Å². The summed E-state index contributed by atoms with van der Waals surface area (Å²) in [6.45, 7) is 7.45. The number of sulfonamides is 1. The van der Waals surface area contributed by atoms with Crippen LogP contribution >= 0.6 is 0 Å². The maximum Gasteiger partial charge on any atom is 0.243 e. The maximum absolute atomic E-state index is 12.7. The molecule has 1 aliphatic heterocycles. The summed E-state index contributed by atoms with van der Waals surface area (Å²) in [7, 11) is -3.40. The zero-order valence-corrected chi connectivity index (χ0v) is 13.3. The van der Waals surface area contributed by atoms with Crippen LogP contribution in [-0.4, -0.2) is 25.8 Å². The first-order valence-corrected chi connectivity index (χ1v) is 8.53. The molecule has 20 heavy (non-hydrogen) atoms. The van der Waals surface area contributed by atoms with E-state index >= 15 is 0 Å². The Morgan fingerprint density at radius 3 is 2.55 bits per heavy atom. The van der Waals surface area contributed by atoms with Crippen molar-refractivity contribution in [3.63, 3.8) is 0 Å². The number of rotatable bonds is 2. The van der Waals surface area contributed by atoms with Crippen molar-refractivity contribution in [1.29, 1.82) is 0 Å². The fraction of sp³-hybridized carbons (Fsp3) is 0.600. The molecule has 1 aromatic carbocycles. The summed E-state index contributed by atoms with van der Waals surface area (Å²) in [6.07, 6.45) is 2.89. The number of nitrogen functional groups attached to an aromatic ring is 1. The van der Waals surface area contributed by atoms with Crippen molar-refractivity contribution in [2.75, 3.05) is 18.8 Å². The Balaban J connectivity index is 2.28. The molecule has 112 valence electrons. The number of hydrogen-bond acceptors (Lipinski definition) is 3. The van der Waals surface area contributed by atoms with E-state index in [4.69, 9.17) is 5.73 Å². The number of nitrogens with zero attached hydrogens (tertiary/aromatic N) is 1. The van der Waals surface area contributed by atoms with Gasteiger partial charge < -0.3 is 5.73 Å². The van der Waals surface area contributed by atoms with Crippen LogP contribution < -0.4 is 5.73 Å². The van der Waals surface area contributed by atoms with Crippen molar-refractivity contribution >= 4 is 15.7 Å². The van der Waals surface area contributed by atoms with Crippen molar-refractivity contribution in [2.24, 2.45) is 5.41 Å². The third-order valence-corrected chi connectivity index (χ3v) is 6.07. The average Bonchev–Trinajstić information content (AvgIpc) is 2.54. The van der Waals surface area contributed by atoms with E-state index in [1.165, 1.54) is 0 Å². The molecule has 1 aromatic rings. The Labute approximate surface area is 122 Å². The molecule has 0 saturated carbocycles. The van der Waals surface area contributed by atoms with Gasteiger partial charge in [0, 0.05) is 18.8 Å². The third-order valence-electron chi connectivity index (χ3n) is 4.18. The van der Waals surface area contributed by atoms with Crippen LogP contribution in [-0.2, 0) is 10.0 Å². The predicted octanol–water partition coefficient (Wildman–Crippen LogP) is 2.78. The number of hydrogen-bond donors (Lipinski definition) is 1. The van der Waals surface area contributed by atoms with E-state index in [9.17, 15) is 8.42 Å². The molecule has 1 heterocycles. The largest absolute Gasteiger partial charge is 0.399 e. The van der Waals surface area contributed by atoms with Gasteiger partial charge in [0.25, 0.3) is 0 Å². The maximum atomic E-state index is 12.7. The van der Waals surface area contributed by atoms with Gasteiger partial charge in [0.2, 0.25) is 10.0 Å². The summed E-state index contributed by atoms with van der Waals surface area (Å²) < 4.78 is 27.0. The van der Waals surface area contributed by atoms with E-state index in [-0.39, 0.29) is 5.41 Å². The minimum Gasteiger partial charge on any atom is -0.399 e. The Morgan fingerprint density at radius 2 is 1.90 bits per heavy atom.